The summed E-state index contributed by atoms with van der Waals surface area (Å²) in [5, 5.41) is 8.61. The standard InChI is InChI=1S/C26H17Cl2N3O2S2/c27-19-9-6-17(22(28)13-19)15-33-21-10-7-16(8-11-21)24-18(12-23-25(32)29-26(34)35-23)14-31(30-24)20-4-2-1-3-5-20/h1-14H,15H2,(H,29,32,34)/b23-12-. The van der Waals surface area contributed by atoms with Crippen molar-refractivity contribution in [1.82, 2.24) is 15.1 Å². The zero-order chi connectivity index (χ0) is 24.4. The van der Waals surface area contributed by atoms with Crippen molar-refractivity contribution >= 4 is 63.5 Å². The number of hydrogen-bond acceptors (Lipinski definition) is 5. The maximum absolute atomic E-state index is 12.2. The summed E-state index contributed by atoms with van der Waals surface area (Å²) in [6.45, 7) is 0.321. The van der Waals surface area contributed by atoms with Crippen LogP contribution in [-0.2, 0) is 11.4 Å². The Morgan fingerprint density at radius 3 is 2.51 bits per heavy atom. The Kier molecular flexibility index (Phi) is 6.92. The zero-order valence-corrected chi connectivity index (χ0v) is 21.2. The molecule has 5 nitrogen and oxygen atoms in total. The molecule has 0 saturated carbocycles. The molecule has 0 atom stereocenters. The van der Waals surface area contributed by atoms with Crippen molar-refractivity contribution in [1.29, 1.82) is 0 Å². The summed E-state index contributed by atoms with van der Waals surface area (Å²) in [6.07, 6.45) is 3.72. The molecule has 0 spiro atoms. The molecule has 3 aromatic carbocycles. The number of carbonyl (C=O) groups excluding carboxylic acids is 1. The third-order valence-corrected chi connectivity index (χ3v) is 6.98. The van der Waals surface area contributed by atoms with E-state index in [1.807, 2.05) is 72.9 Å². The van der Waals surface area contributed by atoms with Crippen LogP contribution in [0.3, 0.4) is 0 Å². The first kappa shape index (κ1) is 23.6. The highest BCUT2D eigenvalue weighted by molar-refractivity contribution is 8.26. The molecule has 1 N–H and O–H groups in total. The number of thioether (sulfide) groups is 1. The summed E-state index contributed by atoms with van der Waals surface area (Å²) >= 11 is 18.6. The van der Waals surface area contributed by atoms with E-state index in [9.17, 15) is 4.79 Å². The van der Waals surface area contributed by atoms with Gasteiger partial charge in [-0.3, -0.25) is 4.79 Å². The van der Waals surface area contributed by atoms with Crippen LogP contribution in [-0.4, -0.2) is 20.0 Å². The number of aromatic nitrogens is 2. The molecule has 1 aliphatic rings. The Morgan fingerprint density at radius 1 is 1.06 bits per heavy atom. The molecule has 5 rings (SSSR count). The van der Waals surface area contributed by atoms with Gasteiger partial charge in [-0.25, -0.2) is 4.68 Å². The highest BCUT2D eigenvalue weighted by Crippen LogP contribution is 2.32. The monoisotopic (exact) mass is 537 g/mol. The van der Waals surface area contributed by atoms with E-state index in [0.29, 0.717) is 31.6 Å². The predicted octanol–water partition coefficient (Wildman–Crippen LogP) is 6.91. The number of rotatable bonds is 6. The molecule has 174 valence electrons. The van der Waals surface area contributed by atoms with Gasteiger partial charge in [0.05, 0.1) is 16.3 Å². The van der Waals surface area contributed by atoms with Gasteiger partial charge in [-0.1, -0.05) is 71.4 Å². The molecule has 1 saturated heterocycles. The van der Waals surface area contributed by atoms with Gasteiger partial charge in [0.15, 0.2) is 0 Å². The van der Waals surface area contributed by atoms with Crippen LogP contribution in [0.5, 0.6) is 5.75 Å². The molecule has 2 heterocycles. The fraction of sp³-hybridized carbons (Fsp3) is 0.0385. The largest absolute Gasteiger partial charge is 0.489 e. The van der Waals surface area contributed by atoms with Crippen LogP contribution >= 0.6 is 47.2 Å². The topological polar surface area (TPSA) is 56.2 Å². The zero-order valence-electron chi connectivity index (χ0n) is 18.1. The van der Waals surface area contributed by atoms with E-state index < -0.39 is 0 Å². The SMILES string of the molecule is O=C1NC(=S)S/C1=C\c1cn(-c2ccccc2)nc1-c1ccc(OCc2ccc(Cl)cc2Cl)cc1. The lowest BCUT2D eigenvalue weighted by Crippen LogP contribution is -2.17. The summed E-state index contributed by atoms with van der Waals surface area (Å²) in [7, 11) is 0. The minimum Gasteiger partial charge on any atom is -0.489 e. The van der Waals surface area contributed by atoms with Crippen molar-refractivity contribution in [3.63, 3.8) is 0 Å². The van der Waals surface area contributed by atoms with Crippen LogP contribution < -0.4 is 10.1 Å². The molecule has 1 fully saturated rings. The molecular formula is C26H17Cl2N3O2S2. The molecule has 0 bridgehead atoms. The lowest BCUT2D eigenvalue weighted by Gasteiger charge is -2.09. The van der Waals surface area contributed by atoms with Crippen LogP contribution in [0.15, 0.2) is 83.9 Å². The summed E-state index contributed by atoms with van der Waals surface area (Å²) in [5.41, 5.74) is 4.19. The second-order valence-corrected chi connectivity index (χ2v) is 10.2. The van der Waals surface area contributed by atoms with E-state index in [1.54, 1.807) is 16.8 Å². The third kappa shape index (κ3) is 5.44. The number of halogens is 2. The smallest absolute Gasteiger partial charge is 0.263 e. The number of ether oxygens (including phenoxy) is 1. The van der Waals surface area contributed by atoms with E-state index >= 15 is 0 Å². The molecule has 4 aromatic rings. The second-order valence-electron chi connectivity index (χ2n) is 7.61. The Morgan fingerprint density at radius 2 is 1.83 bits per heavy atom. The van der Waals surface area contributed by atoms with E-state index in [-0.39, 0.29) is 5.91 Å². The van der Waals surface area contributed by atoms with E-state index in [0.717, 1.165) is 28.1 Å². The lowest BCUT2D eigenvalue weighted by atomic mass is 10.1. The summed E-state index contributed by atoms with van der Waals surface area (Å²) in [4.78, 5) is 12.8. The van der Waals surface area contributed by atoms with Crippen LogP contribution in [0.1, 0.15) is 11.1 Å². The third-order valence-electron chi connectivity index (χ3n) is 5.23. The van der Waals surface area contributed by atoms with Crippen molar-refractivity contribution in [3.8, 4) is 22.7 Å². The van der Waals surface area contributed by atoms with Gasteiger partial charge in [0.2, 0.25) is 0 Å². The van der Waals surface area contributed by atoms with Crippen molar-refractivity contribution in [3.05, 3.63) is 105 Å². The molecule has 1 aromatic heterocycles. The van der Waals surface area contributed by atoms with Crippen molar-refractivity contribution in [2.45, 2.75) is 6.61 Å². The highest BCUT2D eigenvalue weighted by Gasteiger charge is 2.23. The van der Waals surface area contributed by atoms with E-state index in [2.05, 4.69) is 5.32 Å². The first-order chi connectivity index (χ1) is 17.0. The van der Waals surface area contributed by atoms with E-state index in [1.165, 1.54) is 11.8 Å². The summed E-state index contributed by atoms with van der Waals surface area (Å²) in [5.74, 6) is 0.487. The minimum absolute atomic E-state index is 0.206. The fourth-order valence-corrected chi connectivity index (χ4v) is 5.00. The molecular weight excluding hydrogens is 521 g/mol. The van der Waals surface area contributed by atoms with Gasteiger partial charge in [-0.05, 0) is 54.6 Å². The maximum atomic E-state index is 12.2. The van der Waals surface area contributed by atoms with Gasteiger partial charge in [-0.2, -0.15) is 5.10 Å². The number of hydrogen-bond donors (Lipinski definition) is 1. The van der Waals surface area contributed by atoms with Crippen LogP contribution in [0.2, 0.25) is 10.0 Å². The second kappa shape index (κ2) is 10.3. The van der Waals surface area contributed by atoms with Crippen molar-refractivity contribution in [2.75, 3.05) is 0 Å². The number of nitrogens with one attached hydrogen (secondary N) is 1. The molecule has 9 heteroatoms. The predicted molar refractivity (Wildman–Crippen MR) is 146 cm³/mol. The Balaban J connectivity index is 1.44. The van der Waals surface area contributed by atoms with Gasteiger partial charge < -0.3 is 10.1 Å². The van der Waals surface area contributed by atoms with Crippen LogP contribution in [0.25, 0.3) is 23.0 Å². The number of benzene rings is 3. The van der Waals surface area contributed by atoms with Crippen LogP contribution in [0.4, 0.5) is 0 Å². The molecule has 1 aliphatic heterocycles. The molecule has 35 heavy (non-hydrogen) atoms. The molecule has 0 radical (unpaired) electrons. The molecule has 0 aliphatic carbocycles. The number of nitrogens with zero attached hydrogens (tertiary/aromatic N) is 2. The molecule has 1 amide bonds. The minimum atomic E-state index is -0.206. The fourth-order valence-electron chi connectivity index (χ4n) is 3.50. The number of amides is 1. The van der Waals surface area contributed by atoms with Gasteiger partial charge in [0, 0.05) is 32.9 Å². The van der Waals surface area contributed by atoms with E-state index in [4.69, 9.17) is 45.3 Å². The Hall–Kier alpha value is -3.10. The van der Waals surface area contributed by atoms with Crippen LogP contribution in [0, 0.1) is 0 Å². The van der Waals surface area contributed by atoms with Crippen molar-refractivity contribution in [2.24, 2.45) is 0 Å². The summed E-state index contributed by atoms with van der Waals surface area (Å²) < 4.78 is 8.15. The maximum Gasteiger partial charge on any atom is 0.263 e. The first-order valence-corrected chi connectivity index (χ1v) is 12.5. The van der Waals surface area contributed by atoms with Gasteiger partial charge >= 0.3 is 0 Å². The van der Waals surface area contributed by atoms with Gasteiger partial charge in [0.1, 0.15) is 16.7 Å². The highest BCUT2D eigenvalue weighted by atomic mass is 35.5. The van der Waals surface area contributed by atoms with Gasteiger partial charge in [-0.15, -0.1) is 0 Å². The van der Waals surface area contributed by atoms with Crippen molar-refractivity contribution < 1.29 is 9.53 Å². The first-order valence-electron chi connectivity index (χ1n) is 10.5. The number of carbonyl (C=O) groups is 1. The molecule has 0 unspecified atom stereocenters. The normalized spacial score (nSPS) is 14.4. The number of para-hydroxylation sites is 1. The van der Waals surface area contributed by atoms with Gasteiger partial charge in [0.25, 0.3) is 5.91 Å². The lowest BCUT2D eigenvalue weighted by molar-refractivity contribution is -0.115. The Bertz CT molecular complexity index is 1450. The number of thiocarbonyl (C=S) groups is 1. The average molecular weight is 538 g/mol. The quantitative estimate of drug-likeness (QED) is 0.214. The Labute approximate surface area is 221 Å². The average Bonchev–Trinajstić information content (AvgIpc) is 3.42. The summed E-state index contributed by atoms with van der Waals surface area (Å²) in [6, 6.07) is 22.7.